The zero-order valence-electron chi connectivity index (χ0n) is 16.2. The molecular formula is C21H19NO7S. The fraction of sp³-hybridized carbons (Fsp3) is 0.143. The van der Waals surface area contributed by atoms with Gasteiger partial charge in [-0.1, -0.05) is 18.2 Å². The molecule has 0 bridgehead atoms. The van der Waals surface area contributed by atoms with Crippen molar-refractivity contribution in [1.29, 1.82) is 0 Å². The molecule has 0 saturated carbocycles. The maximum Gasteiger partial charge on any atom is 0.331 e. The van der Waals surface area contributed by atoms with Crippen molar-refractivity contribution in [2.45, 2.75) is 4.90 Å². The second kappa shape index (κ2) is 8.83. The highest BCUT2D eigenvalue weighted by atomic mass is 32.2. The van der Waals surface area contributed by atoms with E-state index in [9.17, 15) is 18.0 Å². The summed E-state index contributed by atoms with van der Waals surface area (Å²) in [6.45, 7) is -0.528. The van der Waals surface area contributed by atoms with Gasteiger partial charge >= 0.3 is 5.97 Å². The molecule has 0 atom stereocenters. The molecular weight excluding hydrogens is 410 g/mol. The van der Waals surface area contributed by atoms with Gasteiger partial charge in [0.25, 0.3) is 5.91 Å². The summed E-state index contributed by atoms with van der Waals surface area (Å²) in [4.78, 5) is 23.9. The molecule has 156 valence electrons. The van der Waals surface area contributed by atoms with Crippen molar-refractivity contribution >= 4 is 44.4 Å². The second-order valence-electron chi connectivity index (χ2n) is 6.32. The van der Waals surface area contributed by atoms with E-state index in [4.69, 9.17) is 13.9 Å². The van der Waals surface area contributed by atoms with Crippen LogP contribution in [0.4, 0.5) is 5.69 Å². The SMILES string of the molecule is COc1cccc2cc(C=CC(=O)OCC(=O)Nc3cccc(S(C)(=O)=O)c3)oc12. The molecule has 0 fully saturated rings. The molecule has 0 unspecified atom stereocenters. The van der Waals surface area contributed by atoms with Crippen LogP contribution < -0.4 is 10.1 Å². The number of methoxy groups -OCH3 is 1. The van der Waals surface area contributed by atoms with Crippen molar-refractivity contribution < 1.29 is 31.9 Å². The Morgan fingerprint density at radius 1 is 1.13 bits per heavy atom. The summed E-state index contributed by atoms with van der Waals surface area (Å²) in [7, 11) is -1.86. The second-order valence-corrected chi connectivity index (χ2v) is 8.33. The largest absolute Gasteiger partial charge is 0.493 e. The van der Waals surface area contributed by atoms with E-state index in [2.05, 4.69) is 5.32 Å². The molecule has 8 nitrogen and oxygen atoms in total. The molecule has 0 aliphatic carbocycles. The van der Waals surface area contributed by atoms with Crippen LogP contribution in [0, 0.1) is 0 Å². The summed E-state index contributed by atoms with van der Waals surface area (Å²) in [5.41, 5.74) is 0.842. The highest BCUT2D eigenvalue weighted by Crippen LogP contribution is 2.28. The van der Waals surface area contributed by atoms with E-state index in [1.807, 2.05) is 12.1 Å². The van der Waals surface area contributed by atoms with Gasteiger partial charge in [-0.05, 0) is 36.4 Å². The lowest BCUT2D eigenvalue weighted by Gasteiger charge is -2.06. The van der Waals surface area contributed by atoms with E-state index >= 15 is 0 Å². The predicted molar refractivity (Wildman–Crippen MR) is 111 cm³/mol. The van der Waals surface area contributed by atoms with Gasteiger partial charge in [0, 0.05) is 23.4 Å². The summed E-state index contributed by atoms with van der Waals surface area (Å²) in [6, 6.07) is 12.9. The van der Waals surface area contributed by atoms with Crippen LogP contribution in [-0.4, -0.2) is 40.3 Å². The molecule has 0 spiro atoms. The Morgan fingerprint density at radius 2 is 1.90 bits per heavy atom. The Hall–Kier alpha value is -3.59. The lowest BCUT2D eigenvalue weighted by molar-refractivity contribution is -0.142. The van der Waals surface area contributed by atoms with Gasteiger partial charge in [-0.25, -0.2) is 13.2 Å². The molecule has 1 N–H and O–H groups in total. The van der Waals surface area contributed by atoms with Crippen molar-refractivity contribution in [2.75, 3.05) is 25.3 Å². The molecule has 2 aromatic carbocycles. The van der Waals surface area contributed by atoms with Gasteiger partial charge in [0.05, 0.1) is 12.0 Å². The molecule has 0 aliphatic rings. The zero-order chi connectivity index (χ0) is 21.7. The summed E-state index contributed by atoms with van der Waals surface area (Å²) in [5, 5.41) is 3.29. The van der Waals surface area contributed by atoms with Gasteiger partial charge in [-0.2, -0.15) is 0 Å². The highest BCUT2D eigenvalue weighted by Gasteiger charge is 2.11. The van der Waals surface area contributed by atoms with Crippen molar-refractivity contribution in [3.8, 4) is 5.75 Å². The Balaban J connectivity index is 1.56. The van der Waals surface area contributed by atoms with Crippen LogP contribution in [0.1, 0.15) is 5.76 Å². The molecule has 3 rings (SSSR count). The van der Waals surface area contributed by atoms with Gasteiger partial charge in [-0.15, -0.1) is 0 Å². The smallest absolute Gasteiger partial charge is 0.331 e. The first-order valence-corrected chi connectivity index (χ1v) is 10.7. The minimum Gasteiger partial charge on any atom is -0.493 e. The average Bonchev–Trinajstić information content (AvgIpc) is 3.13. The van der Waals surface area contributed by atoms with Crippen molar-refractivity contribution in [2.24, 2.45) is 0 Å². The lowest BCUT2D eigenvalue weighted by atomic mass is 10.2. The van der Waals surface area contributed by atoms with Crippen LogP contribution in [0.5, 0.6) is 5.75 Å². The minimum atomic E-state index is -3.40. The summed E-state index contributed by atoms with van der Waals surface area (Å²) >= 11 is 0. The van der Waals surface area contributed by atoms with Gasteiger partial charge in [0.2, 0.25) is 0 Å². The summed E-state index contributed by atoms with van der Waals surface area (Å²) < 4.78 is 38.9. The maximum atomic E-state index is 11.9. The number of anilines is 1. The number of esters is 1. The van der Waals surface area contributed by atoms with Gasteiger partial charge in [0.15, 0.2) is 27.8 Å². The standard InChI is InChI=1S/C21H19NO7S/c1-27-18-8-3-5-14-11-16(29-21(14)18)9-10-20(24)28-13-19(23)22-15-6-4-7-17(12-15)30(2,25)26/h3-12H,13H2,1-2H3,(H,22,23). The molecule has 0 aliphatic heterocycles. The number of para-hydroxylation sites is 1. The average molecular weight is 429 g/mol. The normalized spacial score (nSPS) is 11.5. The molecule has 1 aromatic heterocycles. The number of fused-ring (bicyclic) bond motifs is 1. The van der Waals surface area contributed by atoms with E-state index in [1.54, 1.807) is 12.1 Å². The summed E-state index contributed by atoms with van der Waals surface area (Å²) in [5.74, 6) is -0.335. The quantitative estimate of drug-likeness (QED) is 0.454. The van der Waals surface area contributed by atoms with Crippen molar-refractivity contribution in [1.82, 2.24) is 0 Å². The van der Waals surface area contributed by atoms with Gasteiger partial charge in [0.1, 0.15) is 5.76 Å². The molecule has 0 saturated heterocycles. The third-order valence-electron chi connectivity index (χ3n) is 4.02. The molecule has 1 heterocycles. The van der Waals surface area contributed by atoms with E-state index in [0.29, 0.717) is 17.1 Å². The number of nitrogens with one attached hydrogen (secondary N) is 1. The van der Waals surface area contributed by atoms with Gasteiger partial charge < -0.3 is 19.2 Å². The van der Waals surface area contributed by atoms with Crippen LogP contribution in [0.3, 0.4) is 0 Å². The topological polar surface area (TPSA) is 112 Å². The molecule has 30 heavy (non-hydrogen) atoms. The number of carbonyl (C=O) groups excluding carboxylic acids is 2. The number of amides is 1. The fourth-order valence-corrected chi connectivity index (χ4v) is 3.30. The van der Waals surface area contributed by atoms with E-state index in [1.165, 1.54) is 37.5 Å². The van der Waals surface area contributed by atoms with Crippen LogP contribution in [0.15, 0.2) is 63.9 Å². The minimum absolute atomic E-state index is 0.0719. The molecule has 9 heteroatoms. The molecule has 3 aromatic rings. The predicted octanol–water partition coefficient (Wildman–Crippen LogP) is 3.04. The number of carbonyl (C=O) groups is 2. The fourth-order valence-electron chi connectivity index (χ4n) is 2.64. The lowest BCUT2D eigenvalue weighted by Crippen LogP contribution is -2.20. The highest BCUT2D eigenvalue weighted by molar-refractivity contribution is 7.90. The van der Waals surface area contributed by atoms with Crippen LogP contribution in [0.2, 0.25) is 0 Å². The first-order valence-electron chi connectivity index (χ1n) is 8.77. The first kappa shape index (κ1) is 21.1. The number of furan rings is 1. The zero-order valence-corrected chi connectivity index (χ0v) is 17.1. The number of sulfone groups is 1. The number of benzene rings is 2. The molecule has 1 amide bonds. The number of hydrogen-bond donors (Lipinski definition) is 1. The third kappa shape index (κ3) is 5.26. The van der Waals surface area contributed by atoms with Crippen molar-refractivity contribution in [3.63, 3.8) is 0 Å². The van der Waals surface area contributed by atoms with Crippen LogP contribution in [0.25, 0.3) is 17.0 Å². The van der Waals surface area contributed by atoms with Crippen LogP contribution >= 0.6 is 0 Å². The Labute approximate surface area is 173 Å². The van der Waals surface area contributed by atoms with Crippen molar-refractivity contribution in [3.05, 3.63) is 60.4 Å². The monoisotopic (exact) mass is 429 g/mol. The number of rotatable bonds is 7. The number of ether oxygens (including phenoxy) is 2. The van der Waals surface area contributed by atoms with E-state index < -0.39 is 28.3 Å². The Kier molecular flexibility index (Phi) is 6.22. The van der Waals surface area contributed by atoms with E-state index in [-0.39, 0.29) is 10.6 Å². The molecule has 0 radical (unpaired) electrons. The van der Waals surface area contributed by atoms with Gasteiger partial charge in [-0.3, -0.25) is 4.79 Å². The Morgan fingerprint density at radius 3 is 2.63 bits per heavy atom. The van der Waals surface area contributed by atoms with Crippen LogP contribution in [-0.2, 0) is 24.2 Å². The Bertz CT molecular complexity index is 1230. The third-order valence-corrected chi connectivity index (χ3v) is 5.13. The number of hydrogen-bond acceptors (Lipinski definition) is 7. The van der Waals surface area contributed by atoms with E-state index in [0.717, 1.165) is 17.7 Å². The first-order chi connectivity index (χ1) is 14.3. The maximum absolute atomic E-state index is 11.9. The summed E-state index contributed by atoms with van der Waals surface area (Å²) in [6.07, 6.45) is 3.64.